The van der Waals surface area contributed by atoms with E-state index in [2.05, 4.69) is 21.2 Å². The molecule has 3 N–H and O–H groups in total. The highest BCUT2D eigenvalue weighted by molar-refractivity contribution is 9.10. The number of nitrogens with one attached hydrogen (secondary N) is 1. The average Bonchev–Trinajstić information content (AvgIpc) is 2.49. The smallest absolute Gasteiger partial charge is 0.252 e. The van der Waals surface area contributed by atoms with Crippen LogP contribution in [0.25, 0.3) is 0 Å². The molecular formula is C16H16BrFN2O. The number of halogens is 2. The number of rotatable bonds is 4. The summed E-state index contributed by atoms with van der Waals surface area (Å²) in [6, 6.07) is 12.4. The Kier molecular flexibility index (Phi) is 4.96. The second kappa shape index (κ2) is 6.72. The molecule has 0 aliphatic carbocycles. The summed E-state index contributed by atoms with van der Waals surface area (Å²) < 4.78 is 13.7. The van der Waals surface area contributed by atoms with Crippen molar-refractivity contribution in [1.29, 1.82) is 0 Å². The molecule has 1 atom stereocenters. The van der Waals surface area contributed by atoms with E-state index in [1.54, 1.807) is 0 Å². The van der Waals surface area contributed by atoms with Gasteiger partial charge in [-0.25, -0.2) is 4.39 Å². The van der Waals surface area contributed by atoms with Crippen LogP contribution in [0.1, 0.15) is 28.8 Å². The first-order chi connectivity index (χ1) is 9.99. The molecule has 0 heterocycles. The van der Waals surface area contributed by atoms with Gasteiger partial charge in [-0.1, -0.05) is 37.3 Å². The second-order valence-corrected chi connectivity index (χ2v) is 5.73. The lowest BCUT2D eigenvalue weighted by molar-refractivity contribution is 0.0951. The van der Waals surface area contributed by atoms with Crippen LogP contribution in [0.2, 0.25) is 0 Å². The minimum Gasteiger partial charge on any atom is -0.396 e. The van der Waals surface area contributed by atoms with Gasteiger partial charge in [0, 0.05) is 11.0 Å². The largest absolute Gasteiger partial charge is 0.396 e. The Morgan fingerprint density at radius 2 is 2.00 bits per heavy atom. The second-order valence-electron chi connectivity index (χ2n) is 4.88. The zero-order valence-corrected chi connectivity index (χ0v) is 13.2. The molecule has 0 saturated heterocycles. The van der Waals surface area contributed by atoms with Gasteiger partial charge in [-0.2, -0.15) is 0 Å². The molecule has 5 heteroatoms. The Labute approximate surface area is 131 Å². The van der Waals surface area contributed by atoms with E-state index in [9.17, 15) is 9.18 Å². The number of carbonyl (C=O) groups is 1. The van der Waals surface area contributed by atoms with Gasteiger partial charge >= 0.3 is 0 Å². The van der Waals surface area contributed by atoms with Crippen LogP contribution in [0.4, 0.5) is 10.1 Å². The fourth-order valence-corrected chi connectivity index (χ4v) is 2.48. The molecular weight excluding hydrogens is 335 g/mol. The lowest BCUT2D eigenvalue weighted by Crippen LogP contribution is -2.28. The molecule has 110 valence electrons. The number of benzene rings is 2. The van der Waals surface area contributed by atoms with Crippen LogP contribution in [0.15, 0.2) is 46.9 Å². The molecule has 0 radical (unpaired) electrons. The Hall–Kier alpha value is -1.88. The maximum atomic E-state index is 13.3. The Morgan fingerprint density at radius 3 is 2.67 bits per heavy atom. The van der Waals surface area contributed by atoms with Crippen LogP contribution in [-0.2, 0) is 0 Å². The third-order valence-corrected chi connectivity index (χ3v) is 3.92. The molecule has 0 aliphatic rings. The minimum atomic E-state index is -0.545. The third-order valence-electron chi connectivity index (χ3n) is 3.27. The molecule has 1 unspecified atom stereocenters. The third kappa shape index (κ3) is 3.82. The maximum Gasteiger partial charge on any atom is 0.252 e. The standard InChI is InChI=1S/C16H16BrFN2O/c1-10(11-5-3-2-4-6-11)9-20-16(21)12-7-15(19)14(18)8-13(12)17/h2-8,10H,9,19H2,1H3,(H,20,21). The highest BCUT2D eigenvalue weighted by atomic mass is 79.9. The number of hydrogen-bond donors (Lipinski definition) is 2. The van der Waals surface area contributed by atoms with Gasteiger partial charge in [-0.05, 0) is 39.5 Å². The predicted molar refractivity (Wildman–Crippen MR) is 85.7 cm³/mol. The molecule has 2 aromatic rings. The summed E-state index contributed by atoms with van der Waals surface area (Å²) in [6.07, 6.45) is 0. The number of nitrogen functional groups attached to an aromatic ring is 1. The summed E-state index contributed by atoms with van der Waals surface area (Å²) >= 11 is 3.18. The van der Waals surface area contributed by atoms with Crippen LogP contribution < -0.4 is 11.1 Å². The zero-order chi connectivity index (χ0) is 15.4. The summed E-state index contributed by atoms with van der Waals surface area (Å²) in [5.41, 5.74) is 6.93. The van der Waals surface area contributed by atoms with Crippen LogP contribution in [0, 0.1) is 5.82 Å². The number of hydrogen-bond acceptors (Lipinski definition) is 2. The van der Waals surface area contributed by atoms with Gasteiger partial charge in [0.2, 0.25) is 0 Å². The lowest BCUT2D eigenvalue weighted by atomic mass is 10.0. The summed E-state index contributed by atoms with van der Waals surface area (Å²) in [7, 11) is 0. The van der Waals surface area contributed by atoms with E-state index in [1.807, 2.05) is 37.3 Å². The van der Waals surface area contributed by atoms with E-state index in [4.69, 9.17) is 5.73 Å². The van der Waals surface area contributed by atoms with Gasteiger partial charge in [0.25, 0.3) is 5.91 Å². The van der Waals surface area contributed by atoms with Crippen molar-refractivity contribution in [2.45, 2.75) is 12.8 Å². The van der Waals surface area contributed by atoms with Crippen molar-refractivity contribution in [3.63, 3.8) is 0 Å². The molecule has 3 nitrogen and oxygen atoms in total. The fraction of sp³-hybridized carbons (Fsp3) is 0.188. The summed E-state index contributed by atoms with van der Waals surface area (Å²) in [5.74, 6) is -0.640. The van der Waals surface area contributed by atoms with E-state index in [0.717, 1.165) is 5.56 Å². The van der Waals surface area contributed by atoms with Crippen LogP contribution in [-0.4, -0.2) is 12.5 Å². The molecule has 0 aromatic heterocycles. The van der Waals surface area contributed by atoms with Gasteiger partial charge in [0.1, 0.15) is 5.82 Å². The van der Waals surface area contributed by atoms with Crippen molar-refractivity contribution in [3.8, 4) is 0 Å². The van der Waals surface area contributed by atoms with Crippen molar-refractivity contribution < 1.29 is 9.18 Å². The fourth-order valence-electron chi connectivity index (χ4n) is 1.98. The Bertz CT molecular complexity index is 646. The molecule has 0 fully saturated rings. The van der Waals surface area contributed by atoms with Crippen molar-refractivity contribution in [2.75, 3.05) is 12.3 Å². The molecule has 21 heavy (non-hydrogen) atoms. The molecule has 2 rings (SSSR count). The van der Waals surface area contributed by atoms with Gasteiger partial charge < -0.3 is 11.1 Å². The van der Waals surface area contributed by atoms with Crippen LogP contribution in [0.5, 0.6) is 0 Å². The van der Waals surface area contributed by atoms with E-state index in [0.29, 0.717) is 16.6 Å². The Morgan fingerprint density at radius 1 is 1.33 bits per heavy atom. The quantitative estimate of drug-likeness (QED) is 0.826. The van der Waals surface area contributed by atoms with E-state index >= 15 is 0 Å². The van der Waals surface area contributed by atoms with E-state index < -0.39 is 5.82 Å². The molecule has 1 amide bonds. The Balaban J connectivity index is 2.04. The topological polar surface area (TPSA) is 55.1 Å². The predicted octanol–water partition coefficient (Wildman–Crippen LogP) is 3.70. The minimum absolute atomic E-state index is 0.0422. The van der Waals surface area contributed by atoms with Crippen LogP contribution in [0.3, 0.4) is 0 Å². The first-order valence-corrected chi connectivity index (χ1v) is 7.36. The number of amides is 1. The van der Waals surface area contributed by atoms with Crippen molar-refractivity contribution in [3.05, 3.63) is 63.9 Å². The molecule has 0 aliphatic heterocycles. The zero-order valence-electron chi connectivity index (χ0n) is 11.6. The molecule has 0 spiro atoms. The lowest BCUT2D eigenvalue weighted by Gasteiger charge is -2.14. The summed E-state index contributed by atoms with van der Waals surface area (Å²) in [6.45, 7) is 2.52. The van der Waals surface area contributed by atoms with E-state index in [1.165, 1.54) is 12.1 Å². The van der Waals surface area contributed by atoms with E-state index in [-0.39, 0.29) is 17.5 Å². The van der Waals surface area contributed by atoms with Gasteiger partial charge in [0.05, 0.1) is 11.3 Å². The number of anilines is 1. The molecule has 0 bridgehead atoms. The normalized spacial score (nSPS) is 12.0. The maximum absolute atomic E-state index is 13.3. The summed E-state index contributed by atoms with van der Waals surface area (Å²) in [5, 5.41) is 2.84. The van der Waals surface area contributed by atoms with Gasteiger partial charge in [0.15, 0.2) is 0 Å². The summed E-state index contributed by atoms with van der Waals surface area (Å²) in [4.78, 5) is 12.1. The highest BCUT2D eigenvalue weighted by Gasteiger charge is 2.14. The molecule has 2 aromatic carbocycles. The van der Waals surface area contributed by atoms with Crippen molar-refractivity contribution in [1.82, 2.24) is 5.32 Å². The van der Waals surface area contributed by atoms with Gasteiger partial charge in [-0.3, -0.25) is 4.79 Å². The first-order valence-electron chi connectivity index (χ1n) is 6.56. The van der Waals surface area contributed by atoms with Crippen molar-refractivity contribution >= 4 is 27.5 Å². The monoisotopic (exact) mass is 350 g/mol. The highest BCUT2D eigenvalue weighted by Crippen LogP contribution is 2.23. The number of nitrogens with two attached hydrogens (primary N) is 1. The van der Waals surface area contributed by atoms with Crippen LogP contribution >= 0.6 is 15.9 Å². The first kappa shape index (κ1) is 15.5. The average molecular weight is 351 g/mol. The molecule has 0 saturated carbocycles. The van der Waals surface area contributed by atoms with Gasteiger partial charge in [-0.15, -0.1) is 0 Å². The SMILES string of the molecule is CC(CNC(=O)c1cc(N)c(F)cc1Br)c1ccccc1. The van der Waals surface area contributed by atoms with Crippen molar-refractivity contribution in [2.24, 2.45) is 0 Å². The number of carbonyl (C=O) groups excluding carboxylic acids is 1.